The van der Waals surface area contributed by atoms with Crippen LogP contribution in [-0.4, -0.2) is 40.0 Å². The van der Waals surface area contributed by atoms with Crippen molar-refractivity contribution < 1.29 is 17.1 Å². The predicted molar refractivity (Wildman–Crippen MR) is 130 cm³/mol. The summed E-state index contributed by atoms with van der Waals surface area (Å²) < 4.78 is 27.7. The summed E-state index contributed by atoms with van der Waals surface area (Å²) in [5.41, 5.74) is 2.11. The van der Waals surface area contributed by atoms with E-state index in [-0.39, 0.29) is 0 Å². The standard InChI is InChI=1S/C23H46O4Si3/c1-2-3-19-24-20-30(23-17-11-6-12-18-23)26-28(21-13-7-4-8-14-21)25-29(27-30)22-15-9-5-10-16-22/h21-23,28-29H,2-20H2,1H3. The zero-order chi connectivity index (χ0) is 20.7. The van der Waals surface area contributed by atoms with Crippen molar-refractivity contribution in [1.82, 2.24) is 0 Å². The van der Waals surface area contributed by atoms with Crippen LogP contribution in [0.25, 0.3) is 0 Å². The lowest BCUT2D eigenvalue weighted by atomic mass is 10.0. The van der Waals surface area contributed by atoms with Gasteiger partial charge in [0.05, 0.1) is 6.23 Å². The molecule has 30 heavy (non-hydrogen) atoms. The van der Waals surface area contributed by atoms with Crippen LogP contribution in [0.1, 0.15) is 116 Å². The Morgan fingerprint density at radius 1 is 0.733 bits per heavy atom. The Balaban J connectivity index is 1.54. The molecule has 4 rings (SSSR count). The fraction of sp³-hybridized carbons (Fsp3) is 1.00. The third-order valence-electron chi connectivity index (χ3n) is 8.14. The molecule has 4 aliphatic rings. The molecule has 0 amide bonds. The first-order valence-electron chi connectivity index (χ1n) is 13.4. The number of rotatable bonds is 8. The van der Waals surface area contributed by atoms with Gasteiger partial charge in [-0.1, -0.05) is 71.1 Å². The van der Waals surface area contributed by atoms with E-state index in [1.165, 1.54) is 103 Å². The normalized spacial score (nSPS) is 35.5. The van der Waals surface area contributed by atoms with Crippen molar-refractivity contribution in [2.45, 2.75) is 133 Å². The van der Waals surface area contributed by atoms with Crippen LogP contribution in [0.5, 0.6) is 0 Å². The molecule has 1 saturated heterocycles. The van der Waals surface area contributed by atoms with E-state index in [1.807, 2.05) is 0 Å². The van der Waals surface area contributed by atoms with Gasteiger partial charge in [0.2, 0.25) is 0 Å². The smallest absolute Gasteiger partial charge is 0.350 e. The number of hydrogen-bond acceptors (Lipinski definition) is 4. The van der Waals surface area contributed by atoms with Crippen molar-refractivity contribution in [3.8, 4) is 0 Å². The van der Waals surface area contributed by atoms with Crippen LogP contribution in [-0.2, 0) is 17.1 Å². The highest BCUT2D eigenvalue weighted by atomic mass is 28.5. The average molecular weight is 471 g/mol. The SMILES string of the molecule is CCCCOC[Si]1(C2CCCCC2)O[SiH](C2CCCCC2)O[SiH](C2CCCCC2)O1. The molecule has 0 spiro atoms. The Bertz CT molecular complexity index is 465. The maximum absolute atomic E-state index is 7.20. The zero-order valence-electron chi connectivity index (χ0n) is 19.5. The van der Waals surface area contributed by atoms with Crippen LogP contribution < -0.4 is 0 Å². The van der Waals surface area contributed by atoms with E-state index in [1.54, 1.807) is 0 Å². The van der Waals surface area contributed by atoms with Gasteiger partial charge in [-0.15, -0.1) is 0 Å². The lowest BCUT2D eigenvalue weighted by Gasteiger charge is -2.50. The maximum Gasteiger partial charge on any atom is 0.350 e. The summed E-state index contributed by atoms with van der Waals surface area (Å²) in [5.74, 6) is 0. The molecule has 1 aliphatic heterocycles. The van der Waals surface area contributed by atoms with Gasteiger partial charge < -0.3 is 17.1 Å². The molecule has 1 heterocycles. The summed E-state index contributed by atoms with van der Waals surface area (Å²) in [6, 6.07) is 0. The van der Waals surface area contributed by atoms with E-state index in [0.29, 0.717) is 5.54 Å². The van der Waals surface area contributed by atoms with Gasteiger partial charge in [-0.2, -0.15) is 0 Å². The van der Waals surface area contributed by atoms with Gasteiger partial charge in [0.15, 0.2) is 0 Å². The highest BCUT2D eigenvalue weighted by molar-refractivity contribution is 6.85. The van der Waals surface area contributed by atoms with E-state index in [9.17, 15) is 0 Å². The first-order chi connectivity index (χ1) is 14.8. The number of hydrogen-bond donors (Lipinski definition) is 0. The Labute approximate surface area is 189 Å². The summed E-state index contributed by atoms with van der Waals surface area (Å²) in [4.78, 5) is 0. The molecule has 0 aromatic heterocycles. The molecule has 7 heteroatoms. The Morgan fingerprint density at radius 3 is 1.73 bits per heavy atom. The largest absolute Gasteiger partial charge is 0.420 e. The van der Waals surface area contributed by atoms with Gasteiger partial charge in [0.25, 0.3) is 0 Å². The molecule has 4 fully saturated rings. The molecular weight excluding hydrogens is 425 g/mol. The molecule has 0 radical (unpaired) electrons. The van der Waals surface area contributed by atoms with Crippen LogP contribution in [0, 0.1) is 0 Å². The van der Waals surface area contributed by atoms with Crippen LogP contribution in [0.4, 0.5) is 0 Å². The summed E-state index contributed by atoms with van der Waals surface area (Å²) in [6.45, 7) is 3.12. The van der Waals surface area contributed by atoms with Crippen molar-refractivity contribution in [2.24, 2.45) is 0 Å². The molecule has 3 aliphatic carbocycles. The summed E-state index contributed by atoms with van der Waals surface area (Å²) in [7, 11) is -5.70. The van der Waals surface area contributed by atoms with Gasteiger partial charge in [-0.3, -0.25) is 0 Å². The lowest BCUT2D eigenvalue weighted by molar-refractivity contribution is 0.120. The van der Waals surface area contributed by atoms with E-state index in [4.69, 9.17) is 17.1 Å². The first-order valence-corrected chi connectivity index (χ1v) is 18.7. The minimum absolute atomic E-state index is 0.647. The summed E-state index contributed by atoms with van der Waals surface area (Å²) in [5, 5.41) is 0. The van der Waals surface area contributed by atoms with E-state index in [2.05, 4.69) is 6.92 Å². The molecule has 3 saturated carbocycles. The van der Waals surface area contributed by atoms with Crippen molar-refractivity contribution in [2.75, 3.05) is 12.8 Å². The highest BCUT2D eigenvalue weighted by Crippen LogP contribution is 2.46. The second-order valence-corrected chi connectivity index (χ2v) is 19.5. The molecule has 174 valence electrons. The summed E-state index contributed by atoms with van der Waals surface area (Å²) >= 11 is 0. The topological polar surface area (TPSA) is 36.9 Å². The summed E-state index contributed by atoms with van der Waals surface area (Å²) in [6.07, 6.45) is 23.5. The van der Waals surface area contributed by atoms with Gasteiger partial charge in [0.1, 0.15) is 0 Å². The Hall–Kier alpha value is 0.491. The molecule has 0 bridgehead atoms. The zero-order valence-corrected chi connectivity index (χ0v) is 22.8. The van der Waals surface area contributed by atoms with Gasteiger partial charge in [-0.05, 0) is 56.0 Å². The third kappa shape index (κ3) is 6.08. The first kappa shape index (κ1) is 23.6. The lowest BCUT2D eigenvalue weighted by Crippen LogP contribution is -2.65. The Morgan fingerprint density at radius 2 is 1.23 bits per heavy atom. The molecule has 2 atom stereocenters. The maximum atomic E-state index is 7.20. The quantitative estimate of drug-likeness (QED) is 0.308. The fourth-order valence-corrected chi connectivity index (χ4v) is 22.0. The molecular formula is C23H46O4Si3. The van der Waals surface area contributed by atoms with E-state index in [0.717, 1.165) is 30.3 Å². The number of unbranched alkanes of at least 4 members (excludes halogenated alkanes) is 1. The van der Waals surface area contributed by atoms with Crippen LogP contribution in [0.2, 0.25) is 16.6 Å². The van der Waals surface area contributed by atoms with E-state index < -0.39 is 27.1 Å². The molecule has 0 N–H and O–H groups in total. The van der Waals surface area contributed by atoms with Crippen LogP contribution in [0.3, 0.4) is 0 Å². The van der Waals surface area contributed by atoms with E-state index >= 15 is 0 Å². The van der Waals surface area contributed by atoms with Gasteiger partial charge in [-0.25, -0.2) is 0 Å². The Kier molecular flexibility index (Phi) is 9.53. The van der Waals surface area contributed by atoms with Gasteiger partial charge >= 0.3 is 27.1 Å². The molecule has 4 nitrogen and oxygen atoms in total. The van der Waals surface area contributed by atoms with Crippen LogP contribution in [0.15, 0.2) is 0 Å². The minimum Gasteiger partial charge on any atom is -0.420 e. The average Bonchev–Trinajstić information content (AvgIpc) is 2.83. The third-order valence-corrected chi connectivity index (χ3v) is 20.6. The van der Waals surface area contributed by atoms with Crippen molar-refractivity contribution in [1.29, 1.82) is 0 Å². The van der Waals surface area contributed by atoms with Crippen molar-refractivity contribution in [3.05, 3.63) is 0 Å². The van der Waals surface area contributed by atoms with Crippen LogP contribution >= 0.6 is 0 Å². The number of ether oxygens (including phenoxy) is 1. The second kappa shape index (κ2) is 12.1. The van der Waals surface area contributed by atoms with Gasteiger partial charge in [0, 0.05) is 12.1 Å². The van der Waals surface area contributed by atoms with Crippen molar-refractivity contribution >= 4 is 27.1 Å². The molecule has 2 unspecified atom stereocenters. The fourth-order valence-electron chi connectivity index (χ4n) is 6.22. The predicted octanol–water partition coefficient (Wildman–Crippen LogP) is 6.29. The minimum atomic E-state index is -2.35. The second-order valence-electron chi connectivity index (χ2n) is 10.5. The van der Waals surface area contributed by atoms with Crippen molar-refractivity contribution in [3.63, 3.8) is 0 Å². The monoisotopic (exact) mass is 470 g/mol. The molecule has 0 aromatic rings. The molecule has 0 aromatic carbocycles. The highest BCUT2D eigenvalue weighted by Gasteiger charge is 2.56.